The number of rotatable bonds is 7. The summed E-state index contributed by atoms with van der Waals surface area (Å²) < 4.78 is 11.1. The Kier molecular flexibility index (Phi) is 4.69. The molecule has 122 valence electrons. The summed E-state index contributed by atoms with van der Waals surface area (Å²) in [5.74, 6) is 1.71. The molecule has 2 N–H and O–H groups in total. The van der Waals surface area contributed by atoms with Crippen LogP contribution < -0.4 is 4.74 Å². The molecule has 2 heterocycles. The number of hydrogen-bond donors (Lipinski definition) is 2. The van der Waals surface area contributed by atoms with Gasteiger partial charge in [-0.25, -0.2) is 0 Å². The molecule has 0 saturated carbocycles. The molecule has 23 heavy (non-hydrogen) atoms. The largest absolute Gasteiger partial charge is 0.490 e. The zero-order valence-electron chi connectivity index (χ0n) is 13.5. The number of aliphatic hydroxyl groups excluding tert-OH is 1. The first-order valence-corrected chi connectivity index (χ1v) is 7.72. The minimum absolute atomic E-state index is 0.263. The van der Waals surface area contributed by atoms with Gasteiger partial charge in [-0.2, -0.15) is 0 Å². The first kappa shape index (κ1) is 15.6. The highest BCUT2D eigenvalue weighted by molar-refractivity contribution is 5.85. The maximum Gasteiger partial charge on any atom is 0.128 e. The van der Waals surface area contributed by atoms with E-state index in [4.69, 9.17) is 9.15 Å². The number of hydrogen-bond acceptors (Lipinski definition) is 4. The number of aryl methyl sites for hydroxylation is 1. The number of aromatic nitrogens is 1. The van der Waals surface area contributed by atoms with Crippen LogP contribution in [-0.4, -0.2) is 41.3 Å². The number of nitrogens with one attached hydrogen (secondary N) is 1. The Labute approximate surface area is 135 Å². The normalized spacial score (nSPS) is 12.9. The van der Waals surface area contributed by atoms with Crippen molar-refractivity contribution in [1.82, 2.24) is 9.88 Å². The number of aliphatic hydroxyl groups is 1. The van der Waals surface area contributed by atoms with E-state index in [1.165, 1.54) is 0 Å². The lowest BCUT2D eigenvalue weighted by Gasteiger charge is -2.20. The van der Waals surface area contributed by atoms with E-state index >= 15 is 0 Å². The van der Waals surface area contributed by atoms with Gasteiger partial charge in [-0.05, 0) is 38.2 Å². The monoisotopic (exact) mass is 314 g/mol. The summed E-state index contributed by atoms with van der Waals surface area (Å²) in [6, 6.07) is 9.79. The van der Waals surface area contributed by atoms with E-state index in [0.29, 0.717) is 6.54 Å². The van der Waals surface area contributed by atoms with Crippen molar-refractivity contribution in [3.63, 3.8) is 0 Å². The van der Waals surface area contributed by atoms with E-state index in [-0.39, 0.29) is 6.61 Å². The van der Waals surface area contributed by atoms with Crippen molar-refractivity contribution in [2.45, 2.75) is 19.6 Å². The van der Waals surface area contributed by atoms with Crippen molar-refractivity contribution in [3.8, 4) is 5.75 Å². The third-order valence-electron chi connectivity index (χ3n) is 3.92. The summed E-state index contributed by atoms with van der Waals surface area (Å²) in [5.41, 5.74) is 2.17. The summed E-state index contributed by atoms with van der Waals surface area (Å²) in [7, 11) is 1.97. The molecule has 5 nitrogen and oxygen atoms in total. The number of H-pyrrole nitrogens is 1. The molecule has 0 amide bonds. The van der Waals surface area contributed by atoms with Gasteiger partial charge in [-0.1, -0.05) is 6.07 Å². The molecule has 0 radical (unpaired) electrons. The molecule has 0 fully saturated rings. The number of aromatic amines is 1. The predicted molar refractivity (Wildman–Crippen MR) is 89.6 cm³/mol. The molecule has 0 spiro atoms. The van der Waals surface area contributed by atoms with Crippen LogP contribution in [0.25, 0.3) is 10.9 Å². The van der Waals surface area contributed by atoms with E-state index in [9.17, 15) is 5.11 Å². The summed E-state index contributed by atoms with van der Waals surface area (Å²) >= 11 is 0. The molecule has 1 atom stereocenters. The Morgan fingerprint density at radius 3 is 2.96 bits per heavy atom. The second kappa shape index (κ2) is 6.89. The number of likely N-dealkylation sites (N-methyl/N-ethyl adjacent to an activating group) is 1. The summed E-state index contributed by atoms with van der Waals surface area (Å²) in [6.07, 6.45) is 3.02. The van der Waals surface area contributed by atoms with E-state index in [1.54, 1.807) is 6.26 Å². The van der Waals surface area contributed by atoms with Crippen molar-refractivity contribution in [2.75, 3.05) is 20.2 Å². The molecule has 0 aliphatic heterocycles. The van der Waals surface area contributed by atoms with Crippen molar-refractivity contribution >= 4 is 10.9 Å². The van der Waals surface area contributed by atoms with Crippen molar-refractivity contribution in [3.05, 3.63) is 54.1 Å². The van der Waals surface area contributed by atoms with Gasteiger partial charge in [0.2, 0.25) is 0 Å². The highest BCUT2D eigenvalue weighted by Gasteiger charge is 2.12. The zero-order chi connectivity index (χ0) is 16.2. The molecule has 3 aromatic rings. The summed E-state index contributed by atoms with van der Waals surface area (Å²) in [6.45, 7) is 3.49. The van der Waals surface area contributed by atoms with Gasteiger partial charge in [-0.15, -0.1) is 0 Å². The molecule has 0 saturated heterocycles. The van der Waals surface area contributed by atoms with Crippen LogP contribution in [0.15, 0.2) is 47.2 Å². The number of furan rings is 1. The Morgan fingerprint density at radius 1 is 1.30 bits per heavy atom. The smallest absolute Gasteiger partial charge is 0.128 e. The first-order chi connectivity index (χ1) is 11.1. The molecule has 2 aromatic heterocycles. The fourth-order valence-electron chi connectivity index (χ4n) is 2.71. The molecule has 1 unspecified atom stereocenters. The number of ether oxygens (including phenoxy) is 1. The van der Waals surface area contributed by atoms with Gasteiger partial charge in [0.15, 0.2) is 0 Å². The average Bonchev–Trinajstić information content (AvgIpc) is 3.14. The maximum absolute atomic E-state index is 10.2. The van der Waals surface area contributed by atoms with Gasteiger partial charge in [0.05, 0.1) is 6.26 Å². The van der Waals surface area contributed by atoms with Gasteiger partial charge in [0, 0.05) is 35.8 Å². The van der Waals surface area contributed by atoms with Gasteiger partial charge in [0.1, 0.15) is 24.2 Å². The van der Waals surface area contributed by atoms with Crippen LogP contribution in [0, 0.1) is 6.92 Å². The standard InChI is InChI=1S/C18H22N2O3/c1-13-14(7-9-22-13)10-20(2)11-15(21)12-23-18-5-3-4-17-16(18)6-8-19-17/h3-9,15,19,21H,10-12H2,1-2H3. The summed E-state index contributed by atoms with van der Waals surface area (Å²) in [4.78, 5) is 5.21. The fourth-order valence-corrected chi connectivity index (χ4v) is 2.71. The molecule has 1 aromatic carbocycles. The van der Waals surface area contributed by atoms with Crippen molar-refractivity contribution < 1.29 is 14.3 Å². The Balaban J connectivity index is 1.52. The third-order valence-corrected chi connectivity index (χ3v) is 3.92. The number of fused-ring (bicyclic) bond motifs is 1. The quantitative estimate of drug-likeness (QED) is 0.704. The van der Waals surface area contributed by atoms with E-state index in [1.807, 2.05) is 50.5 Å². The van der Waals surface area contributed by atoms with Gasteiger partial charge < -0.3 is 19.2 Å². The molecule has 5 heteroatoms. The summed E-state index contributed by atoms with van der Waals surface area (Å²) in [5, 5.41) is 11.2. The Hall–Kier alpha value is -2.24. The van der Waals surface area contributed by atoms with Crippen molar-refractivity contribution in [1.29, 1.82) is 0 Å². The van der Waals surface area contributed by atoms with Crippen molar-refractivity contribution in [2.24, 2.45) is 0 Å². The van der Waals surface area contributed by atoms with Crippen LogP contribution in [0.1, 0.15) is 11.3 Å². The zero-order valence-corrected chi connectivity index (χ0v) is 13.5. The highest BCUT2D eigenvalue weighted by Crippen LogP contribution is 2.24. The molecular formula is C18H22N2O3. The molecular weight excluding hydrogens is 292 g/mol. The lowest BCUT2D eigenvalue weighted by atomic mass is 10.2. The Morgan fingerprint density at radius 2 is 2.17 bits per heavy atom. The first-order valence-electron chi connectivity index (χ1n) is 7.72. The maximum atomic E-state index is 10.2. The minimum atomic E-state index is -0.554. The molecule has 3 rings (SSSR count). The van der Waals surface area contributed by atoms with Crippen LogP contribution >= 0.6 is 0 Å². The lowest BCUT2D eigenvalue weighted by molar-refractivity contribution is 0.0748. The fraction of sp³-hybridized carbons (Fsp3) is 0.333. The molecule has 0 aliphatic rings. The predicted octanol–water partition coefficient (Wildman–Crippen LogP) is 2.94. The van der Waals surface area contributed by atoms with Crippen LogP contribution in [-0.2, 0) is 6.54 Å². The molecule has 0 aliphatic carbocycles. The van der Waals surface area contributed by atoms with Crippen LogP contribution in [0.4, 0.5) is 0 Å². The molecule has 0 bridgehead atoms. The minimum Gasteiger partial charge on any atom is -0.490 e. The second-order valence-electron chi connectivity index (χ2n) is 5.86. The number of nitrogens with zero attached hydrogens (tertiary/aromatic N) is 1. The van der Waals surface area contributed by atoms with Gasteiger partial charge in [0.25, 0.3) is 0 Å². The second-order valence-corrected chi connectivity index (χ2v) is 5.86. The SMILES string of the molecule is Cc1occc1CN(C)CC(O)COc1cccc2[nH]ccc12. The highest BCUT2D eigenvalue weighted by atomic mass is 16.5. The van der Waals surface area contributed by atoms with Crippen LogP contribution in [0.2, 0.25) is 0 Å². The van der Waals surface area contributed by atoms with Crippen LogP contribution in [0.5, 0.6) is 5.75 Å². The number of benzene rings is 1. The lowest BCUT2D eigenvalue weighted by Crippen LogP contribution is -2.32. The third kappa shape index (κ3) is 3.75. The van der Waals surface area contributed by atoms with Gasteiger partial charge in [-0.3, -0.25) is 4.90 Å². The van der Waals surface area contributed by atoms with E-state index in [2.05, 4.69) is 9.88 Å². The average molecular weight is 314 g/mol. The van der Waals surface area contributed by atoms with Crippen LogP contribution in [0.3, 0.4) is 0 Å². The Bertz CT molecular complexity index is 762. The van der Waals surface area contributed by atoms with E-state index in [0.717, 1.165) is 34.5 Å². The topological polar surface area (TPSA) is 61.6 Å². The van der Waals surface area contributed by atoms with Gasteiger partial charge >= 0.3 is 0 Å². The van der Waals surface area contributed by atoms with E-state index < -0.39 is 6.10 Å².